The second kappa shape index (κ2) is 9.40. The van der Waals surface area contributed by atoms with Crippen LogP contribution in [0.1, 0.15) is 44.6 Å². The van der Waals surface area contributed by atoms with E-state index in [0.29, 0.717) is 18.9 Å². The Morgan fingerprint density at radius 2 is 1.84 bits per heavy atom. The zero-order valence-corrected chi connectivity index (χ0v) is 17.3. The summed E-state index contributed by atoms with van der Waals surface area (Å²) in [6.45, 7) is 5.72. The fraction of sp³-hybridized carbons (Fsp3) is 0.579. The molecular formula is C19H29IN4O. The number of halogens is 1. The Labute approximate surface area is 167 Å². The summed E-state index contributed by atoms with van der Waals surface area (Å²) in [5, 5.41) is 0. The van der Waals surface area contributed by atoms with E-state index in [1.54, 1.807) is 0 Å². The van der Waals surface area contributed by atoms with Crippen LogP contribution < -0.4 is 10.6 Å². The molecule has 1 aromatic carbocycles. The lowest BCUT2D eigenvalue weighted by Crippen LogP contribution is -2.42. The number of likely N-dealkylation sites (tertiary alicyclic amines) is 1. The molecular weight excluding hydrogens is 427 g/mol. The van der Waals surface area contributed by atoms with Gasteiger partial charge in [0.25, 0.3) is 0 Å². The van der Waals surface area contributed by atoms with E-state index in [0.717, 1.165) is 49.6 Å². The summed E-state index contributed by atoms with van der Waals surface area (Å²) in [7, 11) is 0. The normalized spacial score (nSPS) is 19.7. The van der Waals surface area contributed by atoms with Gasteiger partial charge in [0.15, 0.2) is 5.96 Å². The van der Waals surface area contributed by atoms with Crippen LogP contribution in [0.4, 0.5) is 5.69 Å². The van der Waals surface area contributed by atoms with Gasteiger partial charge < -0.3 is 15.5 Å². The van der Waals surface area contributed by atoms with E-state index in [1.807, 2.05) is 29.2 Å². The number of aliphatic imine (C=N–C) groups is 1. The molecule has 0 bridgehead atoms. The molecule has 0 atom stereocenters. The second-order valence-corrected chi connectivity index (χ2v) is 7.01. The summed E-state index contributed by atoms with van der Waals surface area (Å²) in [6, 6.07) is 8.14. The van der Waals surface area contributed by atoms with E-state index in [-0.39, 0.29) is 29.9 Å². The van der Waals surface area contributed by atoms with Crippen LogP contribution in [-0.4, -0.2) is 36.4 Å². The lowest BCUT2D eigenvalue weighted by Gasteiger charge is -2.31. The Morgan fingerprint density at radius 3 is 2.48 bits per heavy atom. The predicted molar refractivity (Wildman–Crippen MR) is 113 cm³/mol. The molecule has 0 unspecified atom stereocenters. The topological polar surface area (TPSA) is 61.9 Å². The third-order valence-electron chi connectivity index (χ3n) is 5.10. The van der Waals surface area contributed by atoms with Gasteiger partial charge in [-0.05, 0) is 49.3 Å². The molecule has 0 radical (unpaired) electrons. The molecule has 0 spiro atoms. The van der Waals surface area contributed by atoms with Crippen molar-refractivity contribution >= 4 is 41.5 Å². The van der Waals surface area contributed by atoms with E-state index in [4.69, 9.17) is 5.73 Å². The van der Waals surface area contributed by atoms with Crippen LogP contribution >= 0.6 is 24.0 Å². The molecule has 1 aromatic rings. The highest BCUT2D eigenvalue weighted by Crippen LogP contribution is 2.21. The molecule has 0 aromatic heterocycles. The van der Waals surface area contributed by atoms with Crippen LogP contribution in [0.5, 0.6) is 0 Å². The van der Waals surface area contributed by atoms with Crippen molar-refractivity contribution in [1.29, 1.82) is 0 Å². The number of piperidine rings is 2. The minimum atomic E-state index is 0. The van der Waals surface area contributed by atoms with Crippen LogP contribution in [0.2, 0.25) is 0 Å². The van der Waals surface area contributed by atoms with Gasteiger partial charge in [-0.25, -0.2) is 4.99 Å². The Balaban J connectivity index is 0.00000225. The molecule has 2 heterocycles. The standard InChI is InChI=1S/C19H28N4O.HI/c1-15-9-12-22(13-10-15)19(20)21-14-16-5-7-17(8-6-16)23-11-3-2-4-18(23)24;/h5-8,15H,2-4,9-14H2,1H3,(H2,20,21);1H. The lowest BCUT2D eigenvalue weighted by atomic mass is 10.00. The highest BCUT2D eigenvalue weighted by atomic mass is 127. The third-order valence-corrected chi connectivity index (χ3v) is 5.10. The minimum Gasteiger partial charge on any atom is -0.370 e. The molecule has 138 valence electrons. The van der Waals surface area contributed by atoms with Crippen molar-refractivity contribution in [3.8, 4) is 0 Å². The monoisotopic (exact) mass is 456 g/mol. The smallest absolute Gasteiger partial charge is 0.226 e. The number of hydrogen-bond donors (Lipinski definition) is 1. The lowest BCUT2D eigenvalue weighted by molar-refractivity contribution is -0.119. The quantitative estimate of drug-likeness (QED) is 0.431. The van der Waals surface area contributed by atoms with Crippen LogP contribution in [-0.2, 0) is 11.3 Å². The number of hydrogen-bond acceptors (Lipinski definition) is 2. The Kier molecular flexibility index (Phi) is 7.53. The number of carbonyl (C=O) groups excluding carboxylic acids is 1. The fourth-order valence-corrected chi connectivity index (χ4v) is 3.37. The summed E-state index contributed by atoms with van der Waals surface area (Å²) >= 11 is 0. The second-order valence-electron chi connectivity index (χ2n) is 7.01. The predicted octanol–water partition coefficient (Wildman–Crippen LogP) is 3.37. The van der Waals surface area contributed by atoms with Crippen LogP contribution in [0.15, 0.2) is 29.3 Å². The molecule has 2 fully saturated rings. The maximum atomic E-state index is 12.0. The molecule has 25 heavy (non-hydrogen) atoms. The highest BCUT2D eigenvalue weighted by molar-refractivity contribution is 14.0. The van der Waals surface area contributed by atoms with E-state index in [2.05, 4.69) is 16.8 Å². The summed E-state index contributed by atoms with van der Waals surface area (Å²) in [5.41, 5.74) is 8.24. The average molecular weight is 456 g/mol. The maximum Gasteiger partial charge on any atom is 0.226 e. The van der Waals surface area contributed by atoms with E-state index in [9.17, 15) is 4.79 Å². The van der Waals surface area contributed by atoms with Crippen molar-refractivity contribution in [3.05, 3.63) is 29.8 Å². The van der Waals surface area contributed by atoms with Crippen molar-refractivity contribution < 1.29 is 4.79 Å². The number of guanidine groups is 1. The molecule has 1 amide bonds. The molecule has 0 saturated carbocycles. The molecule has 6 heteroatoms. The Bertz CT molecular complexity index is 594. The van der Waals surface area contributed by atoms with Crippen molar-refractivity contribution in [2.75, 3.05) is 24.5 Å². The zero-order chi connectivity index (χ0) is 16.9. The number of benzene rings is 1. The average Bonchev–Trinajstić information content (AvgIpc) is 2.61. The first-order valence-corrected chi connectivity index (χ1v) is 9.07. The number of nitrogens with two attached hydrogens (primary N) is 1. The van der Waals surface area contributed by atoms with Gasteiger partial charge in [-0.2, -0.15) is 0 Å². The first-order chi connectivity index (χ1) is 11.6. The number of nitrogens with zero attached hydrogens (tertiary/aromatic N) is 3. The van der Waals surface area contributed by atoms with Crippen molar-refractivity contribution in [2.24, 2.45) is 16.6 Å². The van der Waals surface area contributed by atoms with Crippen LogP contribution in [0.3, 0.4) is 0 Å². The SMILES string of the molecule is CC1CCN(C(N)=NCc2ccc(N3CCCCC3=O)cc2)CC1.I. The largest absolute Gasteiger partial charge is 0.370 e. The molecule has 3 rings (SSSR count). The van der Waals surface area contributed by atoms with Gasteiger partial charge in [-0.1, -0.05) is 19.1 Å². The van der Waals surface area contributed by atoms with Gasteiger partial charge in [0.1, 0.15) is 0 Å². The first kappa shape index (κ1) is 20.0. The molecule has 5 nitrogen and oxygen atoms in total. The maximum absolute atomic E-state index is 12.0. The number of carbonyl (C=O) groups is 1. The van der Waals surface area contributed by atoms with E-state index in [1.165, 1.54) is 12.8 Å². The van der Waals surface area contributed by atoms with Crippen LogP contribution in [0.25, 0.3) is 0 Å². The molecule has 2 aliphatic heterocycles. The summed E-state index contributed by atoms with van der Waals surface area (Å²) in [4.78, 5) is 20.6. The Hall–Kier alpha value is -1.31. The zero-order valence-electron chi connectivity index (χ0n) is 15.0. The summed E-state index contributed by atoms with van der Waals surface area (Å²) < 4.78 is 0. The van der Waals surface area contributed by atoms with Crippen molar-refractivity contribution in [1.82, 2.24) is 4.90 Å². The summed E-state index contributed by atoms with van der Waals surface area (Å²) in [6.07, 6.45) is 5.14. The van der Waals surface area contributed by atoms with Gasteiger partial charge in [0.2, 0.25) is 5.91 Å². The Morgan fingerprint density at radius 1 is 1.16 bits per heavy atom. The highest BCUT2D eigenvalue weighted by Gasteiger charge is 2.19. The van der Waals surface area contributed by atoms with Crippen molar-refractivity contribution in [2.45, 2.75) is 45.6 Å². The van der Waals surface area contributed by atoms with Gasteiger partial charge in [0.05, 0.1) is 6.54 Å². The van der Waals surface area contributed by atoms with Gasteiger partial charge in [-0.3, -0.25) is 4.79 Å². The third kappa shape index (κ3) is 5.33. The van der Waals surface area contributed by atoms with Crippen molar-refractivity contribution in [3.63, 3.8) is 0 Å². The van der Waals surface area contributed by atoms with Gasteiger partial charge in [0, 0.05) is 31.7 Å². The van der Waals surface area contributed by atoms with E-state index >= 15 is 0 Å². The molecule has 0 aliphatic carbocycles. The first-order valence-electron chi connectivity index (χ1n) is 9.07. The van der Waals surface area contributed by atoms with Gasteiger partial charge in [-0.15, -0.1) is 24.0 Å². The molecule has 2 aliphatic rings. The van der Waals surface area contributed by atoms with Gasteiger partial charge >= 0.3 is 0 Å². The minimum absolute atomic E-state index is 0. The van der Waals surface area contributed by atoms with Crippen LogP contribution in [0, 0.1) is 5.92 Å². The number of anilines is 1. The molecule has 2 saturated heterocycles. The fourth-order valence-electron chi connectivity index (χ4n) is 3.37. The number of amides is 1. The van der Waals surface area contributed by atoms with E-state index < -0.39 is 0 Å². The molecule has 2 N–H and O–H groups in total. The number of rotatable bonds is 3. The summed E-state index contributed by atoms with van der Waals surface area (Å²) in [5.74, 6) is 1.67.